The van der Waals surface area contributed by atoms with Crippen LogP contribution < -0.4 is 15.5 Å². The van der Waals surface area contributed by atoms with Crippen LogP contribution in [-0.4, -0.2) is 62.7 Å². The summed E-state index contributed by atoms with van der Waals surface area (Å²) in [7, 11) is 0. The lowest BCUT2D eigenvalue weighted by molar-refractivity contribution is -0.137. The summed E-state index contributed by atoms with van der Waals surface area (Å²) in [5, 5.41) is 16.6. The van der Waals surface area contributed by atoms with E-state index in [1.165, 1.54) is 4.90 Å². The highest BCUT2D eigenvalue weighted by atomic mass is 16.3. The molecule has 1 unspecified atom stereocenters. The minimum atomic E-state index is -0.676. The molecule has 0 saturated carbocycles. The van der Waals surface area contributed by atoms with Gasteiger partial charge in [-0.1, -0.05) is 24.3 Å². The van der Waals surface area contributed by atoms with Crippen LogP contribution in [0.3, 0.4) is 0 Å². The van der Waals surface area contributed by atoms with Gasteiger partial charge in [0.15, 0.2) is 0 Å². The molecule has 7 rings (SSSR count). The number of anilines is 2. The average molecular weight is 619 g/mol. The largest absolute Gasteiger partial charge is 0.392 e. The highest BCUT2D eigenvalue weighted by Gasteiger charge is 2.39. The zero-order valence-electron chi connectivity index (χ0n) is 25.2. The minimum Gasteiger partial charge on any atom is -0.392 e. The molecule has 2 saturated heterocycles. The number of aliphatic hydroxyl groups excluding tert-OH is 1. The number of pyridine rings is 2. The summed E-state index contributed by atoms with van der Waals surface area (Å²) in [6, 6.07) is 16.5. The van der Waals surface area contributed by atoms with Crippen molar-refractivity contribution < 1.29 is 24.3 Å². The Kier molecular flexibility index (Phi) is 7.91. The summed E-state index contributed by atoms with van der Waals surface area (Å²) in [6.07, 6.45) is 6.12. The Morgan fingerprint density at radius 3 is 2.61 bits per heavy atom. The van der Waals surface area contributed by atoms with E-state index in [0.29, 0.717) is 24.1 Å². The predicted molar refractivity (Wildman–Crippen MR) is 172 cm³/mol. The summed E-state index contributed by atoms with van der Waals surface area (Å²) in [4.78, 5) is 62.8. The van der Waals surface area contributed by atoms with Gasteiger partial charge in [0.05, 0.1) is 12.1 Å². The van der Waals surface area contributed by atoms with Crippen molar-refractivity contribution in [3.8, 4) is 11.1 Å². The SMILES string of the molecule is O=C1CCC(N2Cc3cc(NC(=O)CC4CCN(c5ncc(-c6cccc7cccnc67)cc5CO)CC4)ccc3C2=O)C(=O)N1. The second-order valence-corrected chi connectivity index (χ2v) is 12.2. The highest BCUT2D eigenvalue weighted by Crippen LogP contribution is 2.33. The second kappa shape index (κ2) is 12.3. The summed E-state index contributed by atoms with van der Waals surface area (Å²) in [5.74, 6) is -0.136. The van der Waals surface area contributed by atoms with Crippen molar-refractivity contribution in [3.05, 3.63) is 83.7 Å². The summed E-state index contributed by atoms with van der Waals surface area (Å²) < 4.78 is 0. The van der Waals surface area contributed by atoms with E-state index in [1.54, 1.807) is 24.4 Å². The van der Waals surface area contributed by atoms with Crippen LogP contribution >= 0.6 is 0 Å². The van der Waals surface area contributed by atoms with Gasteiger partial charge in [0, 0.05) is 78.2 Å². The summed E-state index contributed by atoms with van der Waals surface area (Å²) in [6.45, 7) is 1.58. The Bertz CT molecular complexity index is 1860. The number of rotatable bonds is 7. The molecule has 1 atom stereocenters. The molecule has 11 nitrogen and oxygen atoms in total. The molecular formula is C35H34N6O5. The van der Waals surface area contributed by atoms with Gasteiger partial charge in [0.2, 0.25) is 17.7 Å². The van der Waals surface area contributed by atoms with Crippen LogP contribution in [0.25, 0.3) is 22.0 Å². The molecule has 3 aliphatic rings. The van der Waals surface area contributed by atoms with E-state index in [9.17, 15) is 24.3 Å². The van der Waals surface area contributed by atoms with Crippen molar-refractivity contribution in [1.29, 1.82) is 0 Å². The van der Waals surface area contributed by atoms with Gasteiger partial charge in [-0.05, 0) is 61.1 Å². The lowest BCUT2D eigenvalue weighted by atomic mass is 9.92. The van der Waals surface area contributed by atoms with E-state index in [0.717, 1.165) is 64.9 Å². The molecule has 0 spiro atoms. The first kappa shape index (κ1) is 29.5. The molecule has 234 valence electrons. The molecule has 2 aromatic carbocycles. The van der Waals surface area contributed by atoms with Gasteiger partial charge in [-0.25, -0.2) is 4.98 Å². The van der Waals surface area contributed by atoms with E-state index in [2.05, 4.69) is 20.5 Å². The van der Waals surface area contributed by atoms with Gasteiger partial charge in [-0.2, -0.15) is 0 Å². The Hall–Kier alpha value is -5.16. The van der Waals surface area contributed by atoms with Crippen molar-refractivity contribution in [1.82, 2.24) is 20.2 Å². The van der Waals surface area contributed by atoms with Crippen LogP contribution in [0.1, 0.15) is 53.6 Å². The number of para-hydroxylation sites is 1. The number of benzene rings is 2. The number of carbonyl (C=O) groups is 4. The third kappa shape index (κ3) is 5.69. The van der Waals surface area contributed by atoms with Crippen LogP contribution in [0.4, 0.5) is 11.5 Å². The lowest BCUT2D eigenvalue weighted by Gasteiger charge is -2.33. The van der Waals surface area contributed by atoms with Crippen molar-refractivity contribution in [2.75, 3.05) is 23.3 Å². The molecule has 4 amide bonds. The van der Waals surface area contributed by atoms with Crippen molar-refractivity contribution in [2.45, 2.75) is 51.3 Å². The van der Waals surface area contributed by atoms with E-state index < -0.39 is 11.9 Å². The number of nitrogens with zero attached hydrogens (tertiary/aromatic N) is 4. The highest BCUT2D eigenvalue weighted by molar-refractivity contribution is 6.05. The zero-order valence-corrected chi connectivity index (χ0v) is 25.2. The average Bonchev–Trinajstić information content (AvgIpc) is 3.39. The van der Waals surface area contributed by atoms with Crippen molar-refractivity contribution in [3.63, 3.8) is 0 Å². The van der Waals surface area contributed by atoms with Crippen LogP contribution in [0.5, 0.6) is 0 Å². The van der Waals surface area contributed by atoms with Gasteiger partial charge in [0.25, 0.3) is 5.91 Å². The third-order valence-corrected chi connectivity index (χ3v) is 9.25. The zero-order chi connectivity index (χ0) is 31.8. The molecule has 46 heavy (non-hydrogen) atoms. The minimum absolute atomic E-state index is 0.0908. The van der Waals surface area contributed by atoms with Gasteiger partial charge in [-0.3, -0.25) is 29.5 Å². The number of aliphatic hydroxyl groups is 1. The topological polar surface area (TPSA) is 145 Å². The summed E-state index contributed by atoms with van der Waals surface area (Å²) >= 11 is 0. The maximum absolute atomic E-state index is 13.0. The number of hydrogen-bond donors (Lipinski definition) is 3. The quantitative estimate of drug-likeness (QED) is 0.266. The Balaban J connectivity index is 0.953. The molecule has 4 aromatic rings. The number of carbonyl (C=O) groups excluding carboxylic acids is 4. The molecular weight excluding hydrogens is 584 g/mol. The number of aromatic nitrogens is 2. The van der Waals surface area contributed by atoms with E-state index in [4.69, 9.17) is 4.98 Å². The third-order valence-electron chi connectivity index (χ3n) is 9.25. The molecule has 0 radical (unpaired) electrons. The predicted octanol–water partition coefficient (Wildman–Crippen LogP) is 3.80. The standard InChI is InChI=1S/C35H34N6O5/c42-20-25-16-23(27-5-1-3-22-4-2-12-36-32(22)27)18-37-33(25)40-13-10-21(11-14-40)15-31(44)38-26-6-7-28-24(17-26)19-41(35(28)46)29-8-9-30(43)39-34(29)45/h1-7,12,16-18,21,29,42H,8-11,13-15,19-20H2,(H,38,44)(H,39,43,45). The van der Waals surface area contributed by atoms with E-state index >= 15 is 0 Å². The van der Waals surface area contributed by atoms with Crippen LogP contribution in [0.15, 0.2) is 67.0 Å². The fraction of sp³-hybridized carbons (Fsp3) is 0.314. The van der Waals surface area contributed by atoms with Crippen molar-refractivity contribution in [2.24, 2.45) is 5.92 Å². The fourth-order valence-electron chi connectivity index (χ4n) is 6.86. The van der Waals surface area contributed by atoms with Gasteiger partial charge in [-0.15, -0.1) is 0 Å². The second-order valence-electron chi connectivity index (χ2n) is 12.2. The Morgan fingerprint density at radius 2 is 1.80 bits per heavy atom. The number of piperidine rings is 2. The monoisotopic (exact) mass is 618 g/mol. The molecule has 3 aliphatic heterocycles. The van der Waals surface area contributed by atoms with Crippen LogP contribution in [0, 0.1) is 5.92 Å². The molecule has 11 heteroatoms. The van der Waals surface area contributed by atoms with Crippen molar-refractivity contribution >= 4 is 46.0 Å². The smallest absolute Gasteiger partial charge is 0.255 e. The molecule has 0 aliphatic carbocycles. The lowest BCUT2D eigenvalue weighted by Crippen LogP contribution is -2.52. The molecule has 0 bridgehead atoms. The molecule has 2 fully saturated rings. The normalized spacial score (nSPS) is 18.5. The van der Waals surface area contributed by atoms with E-state index in [-0.39, 0.29) is 43.2 Å². The van der Waals surface area contributed by atoms with Gasteiger partial charge < -0.3 is 20.2 Å². The Labute approximate surface area is 265 Å². The number of imide groups is 1. The first-order chi connectivity index (χ1) is 22.4. The Morgan fingerprint density at radius 1 is 0.978 bits per heavy atom. The number of nitrogens with one attached hydrogen (secondary N) is 2. The number of fused-ring (bicyclic) bond motifs is 2. The van der Waals surface area contributed by atoms with E-state index in [1.807, 2.05) is 42.6 Å². The van der Waals surface area contributed by atoms with Gasteiger partial charge >= 0.3 is 0 Å². The van der Waals surface area contributed by atoms with Gasteiger partial charge in [0.1, 0.15) is 11.9 Å². The fourth-order valence-corrected chi connectivity index (χ4v) is 6.86. The van der Waals surface area contributed by atoms with Crippen LogP contribution in [-0.2, 0) is 27.5 Å². The molecule has 3 N–H and O–H groups in total. The maximum atomic E-state index is 13.0. The van der Waals surface area contributed by atoms with Crippen LogP contribution in [0.2, 0.25) is 0 Å². The first-order valence-corrected chi connectivity index (χ1v) is 15.6. The number of amides is 4. The molecule has 2 aromatic heterocycles. The first-order valence-electron chi connectivity index (χ1n) is 15.6. The molecule has 5 heterocycles. The summed E-state index contributed by atoms with van der Waals surface area (Å²) in [5.41, 5.74) is 5.39. The number of hydrogen-bond acceptors (Lipinski definition) is 8. The maximum Gasteiger partial charge on any atom is 0.255 e.